The van der Waals surface area contributed by atoms with Crippen LogP contribution in [0.2, 0.25) is 0 Å². The summed E-state index contributed by atoms with van der Waals surface area (Å²) in [6.07, 6.45) is 3.69. The Kier molecular flexibility index (Phi) is 4.62. The molecular weight excluding hydrogens is 282 g/mol. The highest BCUT2D eigenvalue weighted by Gasteiger charge is 2.39. The summed E-state index contributed by atoms with van der Waals surface area (Å²) in [7, 11) is 1.90. The van der Waals surface area contributed by atoms with Crippen molar-refractivity contribution in [2.24, 2.45) is 17.6 Å². The van der Waals surface area contributed by atoms with Crippen LogP contribution in [0.3, 0.4) is 0 Å². The maximum atomic E-state index is 12.4. The second kappa shape index (κ2) is 6.46. The van der Waals surface area contributed by atoms with Gasteiger partial charge in [-0.15, -0.1) is 0 Å². The summed E-state index contributed by atoms with van der Waals surface area (Å²) in [6, 6.07) is 2.42. The van der Waals surface area contributed by atoms with E-state index < -0.39 is 0 Å². The average molecular weight is 307 g/mol. The summed E-state index contributed by atoms with van der Waals surface area (Å²) in [5.74, 6) is 1.53. The zero-order valence-electron chi connectivity index (χ0n) is 12.7. The third kappa shape index (κ3) is 3.47. The van der Waals surface area contributed by atoms with Crippen LogP contribution in [0.4, 0.5) is 0 Å². The Bertz CT molecular complexity index is 476. The van der Waals surface area contributed by atoms with Gasteiger partial charge < -0.3 is 10.6 Å². The van der Waals surface area contributed by atoms with E-state index in [0.29, 0.717) is 31.0 Å². The van der Waals surface area contributed by atoms with Crippen molar-refractivity contribution in [2.75, 3.05) is 26.7 Å². The zero-order valence-corrected chi connectivity index (χ0v) is 13.5. The lowest BCUT2D eigenvalue weighted by atomic mass is 9.78. The topological polar surface area (TPSA) is 49.6 Å². The molecule has 3 unspecified atom stereocenters. The van der Waals surface area contributed by atoms with Crippen LogP contribution in [0.25, 0.3) is 0 Å². The Morgan fingerprint density at radius 2 is 2.33 bits per heavy atom. The van der Waals surface area contributed by atoms with Crippen LogP contribution in [0.5, 0.6) is 0 Å². The van der Waals surface area contributed by atoms with Crippen molar-refractivity contribution in [2.45, 2.75) is 31.8 Å². The molecule has 2 fully saturated rings. The van der Waals surface area contributed by atoms with Gasteiger partial charge in [0.2, 0.25) is 5.91 Å². The molecule has 0 aromatic carbocycles. The fourth-order valence-corrected chi connectivity index (χ4v) is 4.45. The first kappa shape index (κ1) is 15.0. The Hall–Kier alpha value is -0.910. The highest BCUT2D eigenvalue weighted by molar-refractivity contribution is 7.07. The van der Waals surface area contributed by atoms with Crippen molar-refractivity contribution in [3.05, 3.63) is 22.4 Å². The zero-order chi connectivity index (χ0) is 14.8. The molecule has 2 aliphatic rings. The number of fused-ring (bicyclic) bond motifs is 1. The first-order valence-corrected chi connectivity index (χ1v) is 8.80. The minimum Gasteiger partial charge on any atom is -0.340 e. The second-order valence-electron chi connectivity index (χ2n) is 6.59. The van der Waals surface area contributed by atoms with Crippen LogP contribution in [-0.4, -0.2) is 48.4 Å². The number of hydrogen-bond acceptors (Lipinski definition) is 4. The third-order valence-corrected chi connectivity index (χ3v) is 5.75. The van der Waals surface area contributed by atoms with E-state index in [1.54, 1.807) is 11.3 Å². The number of rotatable bonds is 4. The van der Waals surface area contributed by atoms with Crippen LogP contribution < -0.4 is 5.73 Å². The van der Waals surface area contributed by atoms with Gasteiger partial charge in [0.1, 0.15) is 0 Å². The van der Waals surface area contributed by atoms with E-state index in [1.165, 1.54) is 18.4 Å². The van der Waals surface area contributed by atoms with Crippen LogP contribution in [0.1, 0.15) is 24.8 Å². The fourth-order valence-electron chi connectivity index (χ4n) is 3.79. The van der Waals surface area contributed by atoms with Gasteiger partial charge in [0.25, 0.3) is 0 Å². The first-order chi connectivity index (χ1) is 10.1. The molecule has 0 spiro atoms. The largest absolute Gasteiger partial charge is 0.340 e. The van der Waals surface area contributed by atoms with Gasteiger partial charge in [0.15, 0.2) is 0 Å². The Morgan fingerprint density at radius 3 is 3.05 bits per heavy atom. The maximum absolute atomic E-state index is 12.4. The van der Waals surface area contributed by atoms with E-state index in [9.17, 15) is 4.79 Å². The minimum absolute atomic E-state index is 0.216. The standard InChI is InChI=1S/C16H25N3OS/c1-18(7-12-5-6-21-11-12)16(20)10-19-8-13-3-2-4-15(17)14(13)9-19/h5-6,11,13-15H,2-4,7-10,17H2,1H3. The Morgan fingerprint density at radius 1 is 1.48 bits per heavy atom. The smallest absolute Gasteiger partial charge is 0.236 e. The molecule has 1 aliphatic carbocycles. The van der Waals surface area contributed by atoms with Crippen LogP contribution in [0, 0.1) is 11.8 Å². The van der Waals surface area contributed by atoms with E-state index in [4.69, 9.17) is 5.73 Å². The van der Waals surface area contributed by atoms with Gasteiger partial charge in [-0.1, -0.05) is 6.42 Å². The van der Waals surface area contributed by atoms with Crippen molar-refractivity contribution in [1.82, 2.24) is 9.80 Å². The van der Waals surface area contributed by atoms with E-state index in [1.807, 2.05) is 11.9 Å². The lowest BCUT2D eigenvalue weighted by molar-refractivity contribution is -0.131. The lowest BCUT2D eigenvalue weighted by Gasteiger charge is -2.29. The number of thiophene rings is 1. The van der Waals surface area contributed by atoms with Crippen LogP contribution in [-0.2, 0) is 11.3 Å². The summed E-state index contributed by atoms with van der Waals surface area (Å²) in [4.78, 5) is 16.5. The van der Waals surface area contributed by atoms with Gasteiger partial charge in [0.05, 0.1) is 6.54 Å². The summed E-state index contributed by atoms with van der Waals surface area (Å²) < 4.78 is 0. The fraction of sp³-hybridized carbons (Fsp3) is 0.688. The number of amides is 1. The molecule has 0 radical (unpaired) electrons. The number of carbonyl (C=O) groups is 1. The predicted octanol–water partition coefficient (Wildman–Crippen LogP) is 1.77. The van der Waals surface area contributed by atoms with Crippen LogP contribution >= 0.6 is 11.3 Å². The normalized spacial score (nSPS) is 29.3. The van der Waals surface area contributed by atoms with Gasteiger partial charge in [0, 0.05) is 32.7 Å². The average Bonchev–Trinajstić information content (AvgIpc) is 3.08. The minimum atomic E-state index is 0.216. The molecule has 21 heavy (non-hydrogen) atoms. The number of hydrogen-bond donors (Lipinski definition) is 1. The first-order valence-electron chi connectivity index (χ1n) is 7.86. The SMILES string of the molecule is CN(Cc1ccsc1)C(=O)CN1CC2CCCC(N)C2C1. The molecule has 1 aromatic rings. The molecule has 1 amide bonds. The van der Waals surface area contributed by atoms with Crippen molar-refractivity contribution < 1.29 is 4.79 Å². The molecule has 1 saturated heterocycles. The lowest BCUT2D eigenvalue weighted by Crippen LogP contribution is -2.39. The van der Waals surface area contributed by atoms with Gasteiger partial charge in [-0.05, 0) is 47.1 Å². The van der Waals surface area contributed by atoms with Gasteiger partial charge in [-0.2, -0.15) is 11.3 Å². The van der Waals surface area contributed by atoms with Crippen molar-refractivity contribution in [3.63, 3.8) is 0 Å². The third-order valence-electron chi connectivity index (χ3n) is 5.01. The predicted molar refractivity (Wildman–Crippen MR) is 86.0 cm³/mol. The number of likely N-dealkylation sites (tertiary alicyclic amines) is 1. The molecule has 1 saturated carbocycles. The van der Waals surface area contributed by atoms with Crippen LogP contribution in [0.15, 0.2) is 16.8 Å². The number of carbonyl (C=O) groups excluding carboxylic acids is 1. The van der Waals surface area contributed by atoms with Crippen molar-refractivity contribution in [1.29, 1.82) is 0 Å². The molecule has 3 atom stereocenters. The highest BCUT2D eigenvalue weighted by Crippen LogP contribution is 2.35. The van der Waals surface area contributed by atoms with E-state index >= 15 is 0 Å². The summed E-state index contributed by atoms with van der Waals surface area (Å²) >= 11 is 1.68. The van der Waals surface area contributed by atoms with E-state index in [-0.39, 0.29) is 5.91 Å². The van der Waals surface area contributed by atoms with Gasteiger partial charge in [-0.25, -0.2) is 0 Å². The molecule has 4 nitrogen and oxygen atoms in total. The summed E-state index contributed by atoms with van der Waals surface area (Å²) in [5, 5.41) is 4.16. The highest BCUT2D eigenvalue weighted by atomic mass is 32.1. The molecule has 1 aromatic heterocycles. The molecule has 0 bridgehead atoms. The quantitative estimate of drug-likeness (QED) is 0.922. The summed E-state index contributed by atoms with van der Waals surface area (Å²) in [5.41, 5.74) is 7.46. The number of nitrogens with two attached hydrogens (primary N) is 1. The molecular formula is C16H25N3OS. The van der Waals surface area contributed by atoms with E-state index in [2.05, 4.69) is 21.7 Å². The number of nitrogens with zero attached hydrogens (tertiary/aromatic N) is 2. The van der Waals surface area contributed by atoms with Gasteiger partial charge in [-0.3, -0.25) is 9.69 Å². The van der Waals surface area contributed by atoms with Crippen molar-refractivity contribution >= 4 is 17.2 Å². The summed E-state index contributed by atoms with van der Waals surface area (Å²) in [6.45, 7) is 3.31. The Labute approximate surface area is 130 Å². The molecule has 1 aliphatic heterocycles. The molecule has 3 rings (SSSR count). The molecule has 5 heteroatoms. The van der Waals surface area contributed by atoms with Gasteiger partial charge >= 0.3 is 0 Å². The maximum Gasteiger partial charge on any atom is 0.236 e. The molecule has 2 N–H and O–H groups in total. The Balaban J connectivity index is 1.51. The number of likely N-dealkylation sites (N-methyl/N-ethyl adjacent to an activating group) is 1. The monoisotopic (exact) mass is 307 g/mol. The van der Waals surface area contributed by atoms with Crippen molar-refractivity contribution in [3.8, 4) is 0 Å². The second-order valence-corrected chi connectivity index (χ2v) is 7.37. The molecule has 2 heterocycles. The van der Waals surface area contributed by atoms with E-state index in [0.717, 1.165) is 19.5 Å². The molecule has 116 valence electrons.